The van der Waals surface area contributed by atoms with Crippen LogP contribution in [0.25, 0.3) is 201 Å². The van der Waals surface area contributed by atoms with Gasteiger partial charge in [0.25, 0.3) is 0 Å². The van der Waals surface area contributed by atoms with E-state index in [2.05, 4.69) is 7.05 Å². The lowest BCUT2D eigenvalue weighted by Gasteiger charge is -2.48. The molecule has 4 nitrogen and oxygen atoms in total. The molecule has 0 bridgehead atoms. The van der Waals surface area contributed by atoms with Gasteiger partial charge in [0.1, 0.15) is 6.54 Å². The van der Waals surface area contributed by atoms with E-state index >= 15 is 0 Å². The van der Waals surface area contributed by atoms with Gasteiger partial charge in [0.2, 0.25) is 0 Å². The van der Waals surface area contributed by atoms with Crippen molar-refractivity contribution in [3.63, 3.8) is 0 Å². The number of benzene rings is 12. The maximum absolute atomic E-state index is 6.66. The van der Waals surface area contributed by atoms with Crippen LogP contribution in [0.4, 0.5) is 0 Å². The van der Waals surface area contributed by atoms with Crippen LogP contribution < -0.4 is 11.0 Å². The first-order chi connectivity index (χ1) is 36.2. The smallest absolute Gasteiger partial charge is 0.102 e. The first-order valence-electron chi connectivity index (χ1n) is 28.4. The molecule has 17 aromatic carbocycles. The lowest BCUT2D eigenvalue weighted by molar-refractivity contribution is -0.900. The summed E-state index contributed by atoms with van der Waals surface area (Å²) in [4.78, 5) is 0. The fourth-order valence-electron chi connectivity index (χ4n) is 28.1. The molecule has 324 valence electrons. The Balaban J connectivity index is 0.993. The molecule has 0 saturated carbocycles. The van der Waals surface area contributed by atoms with Crippen molar-refractivity contribution in [2.24, 2.45) is 5.73 Å². The molecular formula is C69H27N2O2+. The van der Waals surface area contributed by atoms with E-state index in [0.29, 0.717) is 61.9 Å². The van der Waals surface area contributed by atoms with Crippen LogP contribution in [0.3, 0.4) is 0 Å². The number of nitrogens with two attached hydrogens (primary N) is 1. The minimum atomic E-state index is -0.140. The van der Waals surface area contributed by atoms with E-state index in [9.17, 15) is 0 Å². The highest BCUT2D eigenvalue weighted by Crippen LogP contribution is 2.91. The highest BCUT2D eigenvalue weighted by molar-refractivity contribution is 6.70. The molecule has 16 aliphatic rings. The summed E-state index contributed by atoms with van der Waals surface area (Å²) in [5, 5.41) is 54.1. The number of rotatable bonds is 8. The molecule has 2 spiro atoms. The summed E-state index contributed by atoms with van der Waals surface area (Å²) in [6.07, 6.45) is 0. The summed E-state index contributed by atoms with van der Waals surface area (Å²) < 4.78 is 13.6. The Hall–Kier alpha value is -6.92. The Morgan fingerprint density at radius 1 is 0.342 bits per heavy atom. The summed E-state index contributed by atoms with van der Waals surface area (Å²) in [7, 11) is 2.71. The van der Waals surface area contributed by atoms with Crippen LogP contribution in [-0.4, -0.2) is 64.1 Å². The molecule has 9 unspecified atom stereocenters. The van der Waals surface area contributed by atoms with E-state index in [1.807, 2.05) is 94.6 Å². The first-order valence-corrected chi connectivity index (χ1v) is 28.4. The van der Waals surface area contributed by atoms with Gasteiger partial charge in [-0.15, -0.1) is 0 Å². The lowest BCUT2D eigenvalue weighted by atomic mass is 9.49. The van der Waals surface area contributed by atoms with Gasteiger partial charge in [-0.2, -0.15) is 0 Å². The second-order valence-electron chi connectivity index (χ2n) is 28.3. The average Bonchev–Trinajstić information content (AvgIpc) is 4.34. The Morgan fingerprint density at radius 2 is 0.699 bits per heavy atom. The van der Waals surface area contributed by atoms with E-state index in [-0.39, 0.29) is 10.8 Å². The number of quaternary nitrogens is 1. The number of hydrogen-bond donors (Lipinski definition) is 1. The maximum atomic E-state index is 6.66. The van der Waals surface area contributed by atoms with Gasteiger partial charge in [0.15, 0.2) is 0 Å². The van der Waals surface area contributed by atoms with Crippen molar-refractivity contribution >= 4 is 167 Å². The molecule has 73 heavy (non-hydrogen) atoms. The third-order valence-corrected chi connectivity index (χ3v) is 27.8. The molecule has 33 rings (SSSR count). The van der Waals surface area contributed by atoms with Gasteiger partial charge in [0, 0.05) is 42.1 Å². The molecule has 15 aliphatic carbocycles. The maximum Gasteiger partial charge on any atom is 0.102 e. The van der Waals surface area contributed by atoms with Gasteiger partial charge in [-0.05, 0) is 284 Å². The molecular weight excluding hydrogens is 889 g/mol. The van der Waals surface area contributed by atoms with E-state index in [4.69, 9.17) is 15.2 Å². The van der Waals surface area contributed by atoms with E-state index in [1.165, 1.54) is 6.54 Å². The molecule has 0 aromatic heterocycles. The standard InChI is InChI=1S/C69H27N2O2/c1-71(3-5-73-7-6-72-4-2-70)8-68-64-56-48-38-28-20-12-10-11-14-18-16(12)24-32-26(18)36-30-22(14)23-15(11)19-17-13(10)21(20)29-35-25(17)33-27(19)37-31(23)41-40(30)50-44(36)54-46(32)52(42(48)34(24)28)60(64)62(54)66-58(50)59-51(41)45(37)55-47(33)53-43(35)49(39(29)38)57(56)65(68)61(53)63(55)67(59)69(66,68)9-71/h12,16,25,35,48,56H,2-9,70H2,1H3/q+1. The minimum absolute atomic E-state index is 0.113. The number of likely N-dealkylation sites (tertiary alicyclic amines) is 1. The normalized spacial score (nSPS) is 31.9. The van der Waals surface area contributed by atoms with Gasteiger partial charge in [0.05, 0.1) is 57.4 Å². The van der Waals surface area contributed by atoms with Gasteiger partial charge in [-0.3, -0.25) is 0 Å². The van der Waals surface area contributed by atoms with Crippen molar-refractivity contribution in [3.8, 4) is 33.4 Å². The fraction of sp³-hybridized carbons (Fsp3) is 0.246. The molecule has 1 saturated heterocycles. The SMILES string of the molecule is C[N+]1(CCOCCOCCN)CC23C4=c5c6c7c8c9c%10c%11c%12c%13c%14c%15c%16c%17c%18c%19c%20c%21c%22c%23c%24c(c2c%22c2c%22c%25c%26c(c5c(c6%10)c5c%11c6c%13c(c%14%18)c%10c%19c(c%212)c%25c%10c6c%265)C%223C1)C4C7c1c-%24c(c-%16c(c1-8)C%15C9%12)C%23C%17%20. The summed E-state index contributed by atoms with van der Waals surface area (Å²) in [6.45, 7) is 6.56. The van der Waals surface area contributed by atoms with E-state index in [0.717, 1.165) is 24.2 Å². The Kier molecular flexibility index (Phi) is 2.86. The zero-order valence-electron chi connectivity index (χ0n) is 39.0. The zero-order valence-corrected chi connectivity index (χ0v) is 39.0. The molecule has 0 amide bonds. The van der Waals surface area contributed by atoms with Crippen molar-refractivity contribution in [2.45, 2.75) is 46.3 Å². The summed E-state index contributed by atoms with van der Waals surface area (Å²) in [5.74, 6) is 2.59. The van der Waals surface area contributed by atoms with Crippen LogP contribution in [0.2, 0.25) is 0 Å². The van der Waals surface area contributed by atoms with Crippen LogP contribution in [0.1, 0.15) is 113 Å². The lowest BCUT2D eigenvalue weighted by Crippen LogP contribution is -2.53. The number of nitrogens with zero attached hydrogens (tertiary/aromatic N) is 1. The van der Waals surface area contributed by atoms with Gasteiger partial charge < -0.3 is 19.7 Å². The van der Waals surface area contributed by atoms with Crippen LogP contribution in [-0.2, 0) is 20.3 Å². The van der Waals surface area contributed by atoms with Crippen molar-refractivity contribution < 1.29 is 14.0 Å². The Morgan fingerprint density at radius 3 is 1.27 bits per heavy atom. The van der Waals surface area contributed by atoms with Crippen LogP contribution >= 0.6 is 0 Å². The molecule has 1 heterocycles. The number of likely N-dealkylation sites (N-methyl/N-ethyl adjacent to an activating group) is 1. The minimum Gasteiger partial charge on any atom is -0.378 e. The molecule has 1 aliphatic heterocycles. The van der Waals surface area contributed by atoms with E-state index in [1.54, 1.807) is 189 Å². The average molecular weight is 916 g/mol. The second kappa shape index (κ2) is 7.02. The van der Waals surface area contributed by atoms with Gasteiger partial charge >= 0.3 is 0 Å². The molecule has 2 N–H and O–H groups in total. The third-order valence-electron chi connectivity index (χ3n) is 27.8. The van der Waals surface area contributed by atoms with Gasteiger partial charge in [-0.1, -0.05) is 0 Å². The third kappa shape index (κ3) is 1.72. The highest BCUT2D eigenvalue weighted by Gasteiger charge is 2.80. The Labute approximate surface area is 407 Å². The summed E-state index contributed by atoms with van der Waals surface area (Å²) in [5.41, 5.74) is 44.2. The second-order valence-corrected chi connectivity index (χ2v) is 28.3. The number of ether oxygens (including phenoxy) is 2. The van der Waals surface area contributed by atoms with Crippen molar-refractivity contribution in [1.82, 2.24) is 0 Å². The van der Waals surface area contributed by atoms with Crippen molar-refractivity contribution in [3.05, 3.63) is 83.1 Å². The van der Waals surface area contributed by atoms with Gasteiger partial charge in [-0.25, -0.2) is 0 Å². The molecule has 0 radical (unpaired) electrons. The highest BCUT2D eigenvalue weighted by atomic mass is 16.5. The number of hydrogen-bond acceptors (Lipinski definition) is 3. The predicted molar refractivity (Wildman–Crippen MR) is 289 cm³/mol. The fourth-order valence-corrected chi connectivity index (χ4v) is 28.1. The Bertz CT molecular complexity index is 6480. The molecule has 9 atom stereocenters. The first kappa shape index (κ1) is 29.7. The molecule has 1 fully saturated rings. The van der Waals surface area contributed by atoms with Crippen LogP contribution in [0, 0.1) is 0 Å². The zero-order chi connectivity index (χ0) is 44.1. The topological polar surface area (TPSA) is 44.5 Å². The monoisotopic (exact) mass is 915 g/mol. The van der Waals surface area contributed by atoms with Crippen LogP contribution in [0.5, 0.6) is 0 Å². The summed E-state index contributed by atoms with van der Waals surface area (Å²) >= 11 is 0. The predicted octanol–water partition coefficient (Wildman–Crippen LogP) is 12.5. The van der Waals surface area contributed by atoms with Crippen LogP contribution in [0.15, 0.2) is 0 Å². The molecule has 4 heteroatoms. The molecule has 17 aromatic rings. The largest absolute Gasteiger partial charge is 0.378 e. The quantitative estimate of drug-likeness (QED) is 0.0938. The summed E-state index contributed by atoms with van der Waals surface area (Å²) in [6, 6.07) is 0. The van der Waals surface area contributed by atoms with Crippen molar-refractivity contribution in [1.29, 1.82) is 0 Å². The van der Waals surface area contributed by atoms with E-state index < -0.39 is 0 Å². The van der Waals surface area contributed by atoms with Crippen molar-refractivity contribution in [2.75, 3.05) is 59.7 Å².